The molecule has 8 atom stereocenters. The van der Waals surface area contributed by atoms with Gasteiger partial charge in [0.05, 0.1) is 18.8 Å². The highest BCUT2D eigenvalue weighted by Crippen LogP contribution is 2.60. The van der Waals surface area contributed by atoms with Crippen LogP contribution in [0.15, 0.2) is 35.5 Å². The zero-order valence-electron chi connectivity index (χ0n) is 20.6. The van der Waals surface area contributed by atoms with Gasteiger partial charge in [0, 0.05) is 6.42 Å². The van der Waals surface area contributed by atoms with Gasteiger partial charge in [-0.05, 0) is 98.5 Å². The number of rotatable bonds is 4. The number of fused-ring (bicyclic) bond motifs is 1. The molecule has 184 valence electrons. The van der Waals surface area contributed by atoms with Crippen molar-refractivity contribution in [3.8, 4) is 0 Å². The lowest BCUT2D eigenvalue weighted by Gasteiger charge is -2.45. The van der Waals surface area contributed by atoms with Crippen molar-refractivity contribution in [1.82, 2.24) is 0 Å². The number of aliphatic hydroxyl groups is 3. The maximum Gasteiger partial charge on any atom is 0.337 e. The molecule has 0 aromatic heterocycles. The van der Waals surface area contributed by atoms with Gasteiger partial charge in [-0.1, -0.05) is 38.2 Å². The average molecular weight is 459 g/mol. The van der Waals surface area contributed by atoms with E-state index in [0.717, 1.165) is 24.0 Å². The Morgan fingerprint density at radius 2 is 2.00 bits per heavy atom. The van der Waals surface area contributed by atoms with Crippen molar-refractivity contribution in [2.45, 2.75) is 96.4 Å². The topological polar surface area (TPSA) is 87.0 Å². The molecule has 0 amide bonds. The Morgan fingerprint density at radius 3 is 2.73 bits per heavy atom. The summed E-state index contributed by atoms with van der Waals surface area (Å²) >= 11 is 0. The van der Waals surface area contributed by atoms with E-state index in [-0.39, 0.29) is 11.3 Å². The van der Waals surface area contributed by atoms with Crippen LogP contribution in [0.4, 0.5) is 0 Å². The van der Waals surface area contributed by atoms with E-state index < -0.39 is 23.8 Å². The highest BCUT2D eigenvalue weighted by Gasteiger charge is 2.51. The van der Waals surface area contributed by atoms with Gasteiger partial charge in [-0.25, -0.2) is 4.79 Å². The molecule has 4 aliphatic rings. The second kappa shape index (κ2) is 9.31. The summed E-state index contributed by atoms with van der Waals surface area (Å²) in [6, 6.07) is 0. The van der Waals surface area contributed by atoms with Crippen molar-refractivity contribution in [2.24, 2.45) is 29.1 Å². The van der Waals surface area contributed by atoms with Crippen molar-refractivity contribution in [3.05, 3.63) is 35.5 Å². The van der Waals surface area contributed by atoms with E-state index in [1.165, 1.54) is 31.3 Å². The standard InChI is InChI=1S/C28H42O5/c1-17(12-19-15-28(4,32)26(31)33-16-19)23-9-10-24-20(6-5-11-27(23,24)3)7-8-21-13-22(29)14-25(30)18(21)2/h7-8,17,19,22-25,29-30,32H,2,5-6,9-16H2,1,3-4H3/b20-7+,21-8-/t17-,19-,22-,23-,24?,25+,27-,28-/m1/s1. The van der Waals surface area contributed by atoms with Crippen LogP contribution in [0.2, 0.25) is 0 Å². The van der Waals surface area contributed by atoms with Crippen LogP contribution in [0, 0.1) is 29.1 Å². The number of esters is 1. The maximum atomic E-state index is 11.8. The molecule has 4 fully saturated rings. The molecule has 1 unspecified atom stereocenters. The van der Waals surface area contributed by atoms with Crippen molar-refractivity contribution in [3.63, 3.8) is 0 Å². The lowest BCUT2D eigenvalue weighted by atomic mass is 9.60. The van der Waals surface area contributed by atoms with Gasteiger partial charge < -0.3 is 20.1 Å². The summed E-state index contributed by atoms with van der Waals surface area (Å²) in [6.45, 7) is 10.9. The molecule has 1 aliphatic heterocycles. The van der Waals surface area contributed by atoms with Crippen LogP contribution in [0.3, 0.4) is 0 Å². The minimum Gasteiger partial charge on any atom is -0.463 e. The van der Waals surface area contributed by atoms with Gasteiger partial charge in [-0.3, -0.25) is 0 Å². The van der Waals surface area contributed by atoms with Crippen LogP contribution in [-0.2, 0) is 9.53 Å². The van der Waals surface area contributed by atoms with Gasteiger partial charge >= 0.3 is 5.97 Å². The highest BCUT2D eigenvalue weighted by atomic mass is 16.6. The Labute approximate surface area is 198 Å². The van der Waals surface area contributed by atoms with E-state index >= 15 is 0 Å². The van der Waals surface area contributed by atoms with Gasteiger partial charge in [0.15, 0.2) is 5.60 Å². The van der Waals surface area contributed by atoms with Crippen molar-refractivity contribution in [1.29, 1.82) is 0 Å². The zero-order chi connectivity index (χ0) is 24.0. The molecule has 1 saturated heterocycles. The average Bonchev–Trinajstić information content (AvgIpc) is 3.09. The van der Waals surface area contributed by atoms with Crippen molar-refractivity contribution in [2.75, 3.05) is 6.61 Å². The number of carbonyl (C=O) groups excluding carboxylic acids is 1. The minimum absolute atomic E-state index is 0.217. The molecule has 5 heteroatoms. The lowest BCUT2D eigenvalue weighted by molar-refractivity contribution is -0.177. The van der Waals surface area contributed by atoms with Crippen LogP contribution in [0.5, 0.6) is 0 Å². The van der Waals surface area contributed by atoms with Gasteiger partial charge in [0.25, 0.3) is 0 Å². The summed E-state index contributed by atoms with van der Waals surface area (Å²) in [5, 5.41) is 30.6. The van der Waals surface area contributed by atoms with Crippen LogP contribution < -0.4 is 0 Å². The van der Waals surface area contributed by atoms with E-state index in [4.69, 9.17) is 4.74 Å². The summed E-state index contributed by atoms with van der Waals surface area (Å²) in [5.41, 5.74) is 2.13. The first-order valence-electron chi connectivity index (χ1n) is 12.9. The van der Waals surface area contributed by atoms with Gasteiger partial charge in [-0.2, -0.15) is 0 Å². The largest absolute Gasteiger partial charge is 0.463 e. The number of carbonyl (C=O) groups is 1. The molecule has 4 rings (SSSR count). The first kappa shape index (κ1) is 24.7. The fourth-order valence-electron chi connectivity index (χ4n) is 7.57. The van der Waals surface area contributed by atoms with Gasteiger partial charge in [-0.15, -0.1) is 0 Å². The summed E-state index contributed by atoms with van der Waals surface area (Å²) in [7, 11) is 0. The Balaban J connectivity index is 1.46. The number of cyclic esters (lactones) is 1. The third-order valence-electron chi connectivity index (χ3n) is 9.27. The van der Waals surface area contributed by atoms with Crippen LogP contribution in [0.1, 0.15) is 78.6 Å². The van der Waals surface area contributed by atoms with E-state index in [0.29, 0.717) is 43.6 Å². The third kappa shape index (κ3) is 4.87. The Morgan fingerprint density at radius 1 is 1.24 bits per heavy atom. The molecule has 33 heavy (non-hydrogen) atoms. The molecule has 0 radical (unpaired) electrons. The molecule has 0 spiro atoms. The van der Waals surface area contributed by atoms with E-state index in [9.17, 15) is 20.1 Å². The fraction of sp³-hybridized carbons (Fsp3) is 0.750. The maximum absolute atomic E-state index is 11.8. The monoisotopic (exact) mass is 458 g/mol. The Bertz CT molecular complexity index is 839. The number of hydrogen-bond acceptors (Lipinski definition) is 5. The van der Waals surface area contributed by atoms with E-state index in [2.05, 4.69) is 32.6 Å². The summed E-state index contributed by atoms with van der Waals surface area (Å²) in [4.78, 5) is 11.8. The molecule has 3 aliphatic carbocycles. The van der Waals surface area contributed by atoms with Crippen molar-refractivity contribution < 1.29 is 24.9 Å². The lowest BCUT2D eigenvalue weighted by Crippen LogP contribution is -2.45. The second-order valence-corrected chi connectivity index (χ2v) is 11.8. The predicted molar refractivity (Wildman–Crippen MR) is 128 cm³/mol. The van der Waals surface area contributed by atoms with Crippen LogP contribution in [0.25, 0.3) is 0 Å². The molecule has 5 nitrogen and oxygen atoms in total. The Kier molecular flexibility index (Phi) is 6.97. The molecular formula is C28H42O5. The molecule has 0 aromatic carbocycles. The fourth-order valence-corrected chi connectivity index (χ4v) is 7.57. The minimum atomic E-state index is -1.36. The van der Waals surface area contributed by atoms with E-state index in [1.54, 1.807) is 6.92 Å². The van der Waals surface area contributed by atoms with Crippen LogP contribution >= 0.6 is 0 Å². The molecule has 0 aromatic rings. The molecule has 1 heterocycles. The molecule has 3 N–H and O–H groups in total. The molecule has 0 bridgehead atoms. The van der Waals surface area contributed by atoms with Crippen molar-refractivity contribution >= 4 is 5.97 Å². The second-order valence-electron chi connectivity index (χ2n) is 11.8. The first-order chi connectivity index (χ1) is 15.5. The quantitative estimate of drug-likeness (QED) is 0.541. The van der Waals surface area contributed by atoms with Gasteiger partial charge in [0.2, 0.25) is 0 Å². The predicted octanol–water partition coefficient (Wildman–Crippen LogP) is 4.47. The normalized spacial score (nSPS) is 45.2. The summed E-state index contributed by atoms with van der Waals surface area (Å²) in [5.74, 6) is 1.42. The third-order valence-corrected chi connectivity index (χ3v) is 9.27. The SMILES string of the molecule is C=C1/C(=C\C=C2/CCC[C@@]3(C)C2CC[C@@H]3[C@H](C)C[C@H]2COC(=O)[C@](C)(O)C2)C[C@@H](O)C[C@@H]1O. The highest BCUT2D eigenvalue weighted by molar-refractivity contribution is 5.79. The number of allylic oxidation sites excluding steroid dienone is 3. The summed E-state index contributed by atoms with van der Waals surface area (Å²) < 4.78 is 5.28. The van der Waals surface area contributed by atoms with Gasteiger partial charge in [0.1, 0.15) is 0 Å². The smallest absolute Gasteiger partial charge is 0.337 e. The molecule has 3 saturated carbocycles. The molecular weight excluding hydrogens is 416 g/mol. The number of ether oxygens (including phenoxy) is 1. The zero-order valence-corrected chi connectivity index (χ0v) is 20.6. The number of hydrogen-bond donors (Lipinski definition) is 3. The first-order valence-corrected chi connectivity index (χ1v) is 12.9. The number of aliphatic hydroxyl groups excluding tert-OH is 2. The summed E-state index contributed by atoms with van der Waals surface area (Å²) in [6.07, 6.45) is 11.6. The van der Waals surface area contributed by atoms with E-state index in [1.807, 2.05) is 0 Å². The Hall–Kier alpha value is -1.43. The van der Waals surface area contributed by atoms with Crippen LogP contribution in [-0.4, -0.2) is 45.7 Å².